The van der Waals surface area contributed by atoms with E-state index in [0.717, 1.165) is 18.2 Å². The van der Waals surface area contributed by atoms with Gasteiger partial charge in [-0.2, -0.15) is 13.2 Å². The standard InChI is InChI=1S/C14H17F3N2O4S.ClH/c1-23-11-6-5-10(12(11)18)13(20)19-8-3-2-4-9(7-8)24(21,22)14(15,16)17;/h2-4,7,10-12H,5-6,18H2,1H3,(H,19,20);1H. The average molecular weight is 403 g/mol. The average Bonchev–Trinajstić information content (AvgIpc) is 2.87. The van der Waals surface area contributed by atoms with Crippen LogP contribution in [0.2, 0.25) is 0 Å². The van der Waals surface area contributed by atoms with Crippen molar-refractivity contribution in [1.82, 2.24) is 0 Å². The second-order valence-corrected chi connectivity index (χ2v) is 7.44. The first-order valence-corrected chi connectivity index (χ1v) is 8.57. The zero-order valence-electron chi connectivity index (χ0n) is 13.1. The second-order valence-electron chi connectivity index (χ2n) is 5.50. The molecular formula is C14H18ClF3N2O4S. The number of ether oxygens (including phenoxy) is 1. The third-order valence-electron chi connectivity index (χ3n) is 4.01. The summed E-state index contributed by atoms with van der Waals surface area (Å²) in [6.45, 7) is 0. The van der Waals surface area contributed by atoms with Crippen LogP contribution < -0.4 is 11.1 Å². The highest BCUT2D eigenvalue weighted by Crippen LogP contribution is 2.32. The van der Waals surface area contributed by atoms with E-state index < -0.39 is 38.1 Å². The monoisotopic (exact) mass is 402 g/mol. The molecule has 1 aromatic rings. The van der Waals surface area contributed by atoms with E-state index in [2.05, 4.69) is 5.32 Å². The summed E-state index contributed by atoms with van der Waals surface area (Å²) in [6.07, 6.45) is 0.808. The number of halogens is 4. The Bertz CT molecular complexity index is 727. The summed E-state index contributed by atoms with van der Waals surface area (Å²) in [5.41, 5.74) is 0.463. The smallest absolute Gasteiger partial charge is 0.380 e. The largest absolute Gasteiger partial charge is 0.501 e. The summed E-state index contributed by atoms with van der Waals surface area (Å²) in [5, 5.41) is 2.42. The van der Waals surface area contributed by atoms with Crippen LogP contribution in [0, 0.1) is 5.92 Å². The number of amides is 1. The van der Waals surface area contributed by atoms with Gasteiger partial charge in [-0.3, -0.25) is 4.79 Å². The van der Waals surface area contributed by atoms with Crippen LogP contribution >= 0.6 is 12.4 Å². The highest BCUT2D eigenvalue weighted by molar-refractivity contribution is 7.92. The van der Waals surface area contributed by atoms with Crippen molar-refractivity contribution in [2.75, 3.05) is 12.4 Å². The number of alkyl halides is 3. The van der Waals surface area contributed by atoms with Crippen LogP contribution in [0.5, 0.6) is 0 Å². The number of nitrogens with two attached hydrogens (primary N) is 1. The van der Waals surface area contributed by atoms with E-state index in [1.807, 2.05) is 0 Å². The van der Waals surface area contributed by atoms with E-state index in [4.69, 9.17) is 10.5 Å². The van der Waals surface area contributed by atoms with Crippen molar-refractivity contribution in [2.45, 2.75) is 35.4 Å². The number of sulfone groups is 1. The van der Waals surface area contributed by atoms with Gasteiger partial charge in [-0.1, -0.05) is 6.07 Å². The molecule has 6 nitrogen and oxygen atoms in total. The van der Waals surface area contributed by atoms with Gasteiger partial charge in [-0.15, -0.1) is 12.4 Å². The number of carbonyl (C=O) groups excluding carboxylic acids is 1. The molecule has 0 spiro atoms. The van der Waals surface area contributed by atoms with Gasteiger partial charge >= 0.3 is 5.51 Å². The molecule has 0 bridgehead atoms. The van der Waals surface area contributed by atoms with Crippen molar-refractivity contribution >= 4 is 33.8 Å². The number of hydrogen-bond acceptors (Lipinski definition) is 5. The van der Waals surface area contributed by atoms with Gasteiger partial charge in [0.1, 0.15) is 0 Å². The third kappa shape index (κ3) is 4.43. The number of benzene rings is 1. The fraction of sp³-hybridized carbons (Fsp3) is 0.500. The first-order valence-electron chi connectivity index (χ1n) is 7.08. The van der Waals surface area contributed by atoms with Crippen LogP contribution in [0.15, 0.2) is 29.2 Å². The Morgan fingerprint density at radius 3 is 2.48 bits per heavy atom. The number of carbonyl (C=O) groups is 1. The summed E-state index contributed by atoms with van der Waals surface area (Å²) in [5.74, 6) is -1.04. The van der Waals surface area contributed by atoms with Crippen molar-refractivity contribution in [3.05, 3.63) is 24.3 Å². The maximum atomic E-state index is 12.6. The Balaban J connectivity index is 0.00000312. The van der Waals surface area contributed by atoms with E-state index in [-0.39, 0.29) is 24.2 Å². The molecule has 3 unspecified atom stereocenters. The molecule has 1 aliphatic carbocycles. The SMILES string of the molecule is COC1CCC(C(=O)Nc2cccc(S(=O)(=O)C(F)(F)F)c2)C1N.Cl. The highest BCUT2D eigenvalue weighted by atomic mass is 35.5. The molecule has 2 rings (SSSR count). The minimum absolute atomic E-state index is 0. The van der Waals surface area contributed by atoms with Crippen molar-refractivity contribution < 1.29 is 31.1 Å². The molecule has 1 aromatic carbocycles. The van der Waals surface area contributed by atoms with E-state index in [9.17, 15) is 26.4 Å². The zero-order chi connectivity index (χ0) is 18.1. The maximum Gasteiger partial charge on any atom is 0.501 e. The Morgan fingerprint density at radius 2 is 1.96 bits per heavy atom. The highest BCUT2D eigenvalue weighted by Gasteiger charge is 2.47. The molecular weight excluding hydrogens is 385 g/mol. The van der Waals surface area contributed by atoms with Gasteiger partial charge in [-0.05, 0) is 31.0 Å². The quantitative estimate of drug-likeness (QED) is 0.803. The molecule has 1 amide bonds. The minimum atomic E-state index is -5.47. The molecule has 11 heteroatoms. The fourth-order valence-electron chi connectivity index (χ4n) is 2.68. The van der Waals surface area contributed by atoms with Gasteiger partial charge in [0.2, 0.25) is 5.91 Å². The summed E-state index contributed by atoms with van der Waals surface area (Å²) in [6, 6.07) is 3.50. The van der Waals surface area contributed by atoms with Crippen molar-refractivity contribution in [3.8, 4) is 0 Å². The Morgan fingerprint density at radius 1 is 1.32 bits per heavy atom. The molecule has 1 aliphatic rings. The lowest BCUT2D eigenvalue weighted by atomic mass is 10.0. The van der Waals surface area contributed by atoms with Gasteiger partial charge in [0.05, 0.1) is 16.9 Å². The molecule has 142 valence electrons. The Labute approximate surface area is 149 Å². The van der Waals surface area contributed by atoms with Gasteiger partial charge in [-0.25, -0.2) is 8.42 Å². The van der Waals surface area contributed by atoms with Gasteiger partial charge in [0.15, 0.2) is 0 Å². The second kappa shape index (κ2) is 7.90. The van der Waals surface area contributed by atoms with Crippen molar-refractivity contribution in [2.24, 2.45) is 11.7 Å². The van der Waals surface area contributed by atoms with Crippen molar-refractivity contribution in [1.29, 1.82) is 0 Å². The number of nitrogens with one attached hydrogen (secondary N) is 1. The molecule has 25 heavy (non-hydrogen) atoms. The molecule has 0 radical (unpaired) electrons. The van der Waals surface area contributed by atoms with Crippen LogP contribution in [0.25, 0.3) is 0 Å². The van der Waals surface area contributed by atoms with E-state index in [0.29, 0.717) is 12.8 Å². The molecule has 0 heterocycles. The number of anilines is 1. The van der Waals surface area contributed by atoms with Gasteiger partial charge in [0.25, 0.3) is 9.84 Å². The summed E-state index contributed by atoms with van der Waals surface area (Å²) in [4.78, 5) is 11.3. The molecule has 3 atom stereocenters. The summed E-state index contributed by atoms with van der Waals surface area (Å²) < 4.78 is 65.7. The summed E-state index contributed by atoms with van der Waals surface area (Å²) >= 11 is 0. The normalized spacial score (nSPS) is 23.8. The van der Waals surface area contributed by atoms with Crippen LogP contribution in [0.3, 0.4) is 0 Å². The lowest BCUT2D eigenvalue weighted by Crippen LogP contribution is -2.41. The van der Waals surface area contributed by atoms with Gasteiger partial charge < -0.3 is 15.8 Å². The van der Waals surface area contributed by atoms with E-state index in [1.165, 1.54) is 13.2 Å². The predicted octanol–water partition coefficient (Wildman–Crippen LogP) is 2.09. The molecule has 0 saturated heterocycles. The molecule has 0 aliphatic heterocycles. The first kappa shape index (κ1) is 21.7. The number of hydrogen-bond donors (Lipinski definition) is 2. The molecule has 1 fully saturated rings. The molecule has 3 N–H and O–H groups in total. The van der Waals surface area contributed by atoms with E-state index in [1.54, 1.807) is 0 Å². The first-order chi connectivity index (χ1) is 11.1. The van der Waals surface area contributed by atoms with Crippen LogP contribution in [0.4, 0.5) is 18.9 Å². The van der Waals surface area contributed by atoms with Crippen LogP contribution in [-0.2, 0) is 19.4 Å². The lowest BCUT2D eigenvalue weighted by molar-refractivity contribution is -0.120. The summed E-state index contributed by atoms with van der Waals surface area (Å²) in [7, 11) is -3.99. The van der Waals surface area contributed by atoms with Crippen LogP contribution in [0.1, 0.15) is 12.8 Å². The van der Waals surface area contributed by atoms with Crippen molar-refractivity contribution in [3.63, 3.8) is 0 Å². The minimum Gasteiger partial charge on any atom is -0.380 e. The van der Waals surface area contributed by atoms with Crippen LogP contribution in [-0.4, -0.2) is 39.1 Å². The Kier molecular flexibility index (Phi) is 6.85. The number of methoxy groups -OCH3 is 1. The zero-order valence-corrected chi connectivity index (χ0v) is 14.7. The predicted molar refractivity (Wildman–Crippen MR) is 87.1 cm³/mol. The fourth-order valence-corrected chi connectivity index (χ4v) is 3.49. The topological polar surface area (TPSA) is 98.5 Å². The lowest BCUT2D eigenvalue weighted by Gasteiger charge is -2.19. The van der Waals surface area contributed by atoms with Gasteiger partial charge in [0, 0.05) is 18.8 Å². The molecule has 0 aromatic heterocycles. The maximum absolute atomic E-state index is 12.6. The Hall–Kier alpha value is -1.36. The number of rotatable bonds is 4. The third-order valence-corrected chi connectivity index (χ3v) is 5.50. The van der Waals surface area contributed by atoms with E-state index >= 15 is 0 Å². The molecule has 1 saturated carbocycles.